The molecule has 0 aliphatic carbocycles. The Labute approximate surface area is 98.2 Å². The average Bonchev–Trinajstić information content (AvgIpc) is 1.84. The van der Waals surface area contributed by atoms with E-state index >= 15 is 0 Å². The van der Waals surface area contributed by atoms with E-state index in [9.17, 15) is 0 Å². The summed E-state index contributed by atoms with van der Waals surface area (Å²) in [6.45, 7) is 4.02. The number of allylic oxidation sites excluding steroid dienone is 2. The highest BCUT2D eigenvalue weighted by atomic mass is 35.5. The molecule has 0 N–H and O–H groups in total. The van der Waals surface area contributed by atoms with Crippen molar-refractivity contribution >= 4 is 65.4 Å². The SMILES string of the molecule is CC([Si]C(Cl)Cl)=C(C)[Si]C(Cl)Cl. The fourth-order valence-corrected chi connectivity index (χ4v) is 4.03. The normalized spacial score (nSPS) is 14.0. The second-order valence-electron chi connectivity index (χ2n) is 2.14. The zero-order valence-electron chi connectivity index (χ0n) is 6.67. The van der Waals surface area contributed by atoms with Gasteiger partial charge in [-0.05, 0) is 13.8 Å². The second-order valence-corrected chi connectivity index (χ2v) is 9.03. The molecule has 0 fully saturated rings. The molecule has 0 rings (SSSR count). The number of rotatable bonds is 4. The third kappa shape index (κ3) is 6.81. The fraction of sp³-hybridized carbons (Fsp3) is 0.667. The Morgan fingerprint density at radius 1 is 0.833 bits per heavy atom. The van der Waals surface area contributed by atoms with E-state index in [-0.39, 0.29) is 8.92 Å². The van der Waals surface area contributed by atoms with Crippen LogP contribution < -0.4 is 0 Å². The Hall–Kier alpha value is 1.33. The standard InChI is InChI=1S/C6H8Cl4Si2/c1-3(11-5(7)8)4(2)12-6(9)10/h5-6H,1-2H3. The van der Waals surface area contributed by atoms with Crippen LogP contribution in [0.2, 0.25) is 0 Å². The predicted molar refractivity (Wildman–Crippen MR) is 60.9 cm³/mol. The molecule has 6 heteroatoms. The van der Waals surface area contributed by atoms with Gasteiger partial charge in [-0.25, -0.2) is 0 Å². The lowest BCUT2D eigenvalue weighted by Gasteiger charge is -2.06. The lowest BCUT2D eigenvalue weighted by atomic mass is 10.6. The van der Waals surface area contributed by atoms with Crippen molar-refractivity contribution < 1.29 is 0 Å². The molecule has 0 unspecified atom stereocenters. The van der Waals surface area contributed by atoms with Crippen LogP contribution in [0.3, 0.4) is 0 Å². The van der Waals surface area contributed by atoms with Crippen molar-refractivity contribution in [2.75, 3.05) is 0 Å². The predicted octanol–water partition coefficient (Wildman–Crippen LogP) is 3.17. The Morgan fingerprint density at radius 2 is 1.08 bits per heavy atom. The van der Waals surface area contributed by atoms with Crippen LogP contribution >= 0.6 is 46.4 Å². The van der Waals surface area contributed by atoms with Crippen molar-refractivity contribution in [1.29, 1.82) is 0 Å². The minimum atomic E-state index is -0.311. The molecule has 12 heavy (non-hydrogen) atoms. The highest BCUT2D eigenvalue weighted by molar-refractivity contribution is 6.76. The Bertz CT molecular complexity index is 149. The molecule has 0 spiro atoms. The summed E-state index contributed by atoms with van der Waals surface area (Å²) < 4.78 is -0.622. The molecule has 68 valence electrons. The van der Waals surface area contributed by atoms with Gasteiger partial charge in [-0.15, -0.1) is 46.4 Å². The summed E-state index contributed by atoms with van der Waals surface area (Å²) in [4.78, 5) is 0. The first-order valence-electron chi connectivity index (χ1n) is 3.20. The van der Waals surface area contributed by atoms with E-state index in [1.807, 2.05) is 13.8 Å². The second kappa shape index (κ2) is 6.74. The van der Waals surface area contributed by atoms with Gasteiger partial charge in [0.15, 0.2) is 0 Å². The highest BCUT2D eigenvalue weighted by Crippen LogP contribution is 2.11. The maximum atomic E-state index is 5.63. The molecule has 0 aromatic carbocycles. The van der Waals surface area contributed by atoms with E-state index in [2.05, 4.69) is 0 Å². The first-order valence-corrected chi connectivity index (χ1v) is 7.10. The van der Waals surface area contributed by atoms with Gasteiger partial charge in [0.25, 0.3) is 0 Å². The van der Waals surface area contributed by atoms with Crippen molar-refractivity contribution in [3.8, 4) is 0 Å². The molecule has 0 heterocycles. The van der Waals surface area contributed by atoms with E-state index in [4.69, 9.17) is 46.4 Å². The molecule has 0 saturated heterocycles. The molecule has 0 aromatic rings. The van der Waals surface area contributed by atoms with E-state index in [1.54, 1.807) is 0 Å². The summed E-state index contributed by atoms with van der Waals surface area (Å²) in [5, 5.41) is 2.41. The topological polar surface area (TPSA) is 0 Å². The van der Waals surface area contributed by atoms with Gasteiger partial charge in [-0.3, -0.25) is 0 Å². The zero-order valence-corrected chi connectivity index (χ0v) is 11.7. The van der Waals surface area contributed by atoms with E-state index in [0.29, 0.717) is 19.0 Å². The van der Waals surface area contributed by atoms with Crippen LogP contribution in [0.4, 0.5) is 0 Å². The van der Waals surface area contributed by atoms with Crippen molar-refractivity contribution in [2.24, 2.45) is 0 Å². The molecule has 0 aliphatic heterocycles. The van der Waals surface area contributed by atoms with Gasteiger partial charge >= 0.3 is 0 Å². The molecule has 0 amide bonds. The monoisotopic (exact) mass is 276 g/mol. The molecule has 0 atom stereocenters. The fourth-order valence-electron chi connectivity index (χ4n) is 0.544. The van der Waals surface area contributed by atoms with E-state index in [1.165, 1.54) is 10.4 Å². The Morgan fingerprint density at radius 3 is 1.25 bits per heavy atom. The van der Waals surface area contributed by atoms with Gasteiger partial charge in [0, 0.05) is 0 Å². The first kappa shape index (κ1) is 13.3. The number of halogens is 4. The van der Waals surface area contributed by atoms with Crippen LogP contribution in [0, 0.1) is 0 Å². The molecule has 0 aliphatic rings. The minimum Gasteiger partial charge on any atom is -0.110 e. The average molecular weight is 278 g/mol. The van der Waals surface area contributed by atoms with E-state index < -0.39 is 0 Å². The minimum absolute atomic E-state index is 0.311. The smallest absolute Gasteiger partial charge is 0.110 e. The molecule has 4 radical (unpaired) electrons. The first-order chi connectivity index (χ1) is 5.43. The summed E-state index contributed by atoms with van der Waals surface area (Å²) in [5.41, 5.74) is 0. The number of alkyl halides is 4. The lowest BCUT2D eigenvalue weighted by Crippen LogP contribution is -2.11. The van der Waals surface area contributed by atoms with Crippen molar-refractivity contribution in [3.63, 3.8) is 0 Å². The summed E-state index contributed by atoms with van der Waals surface area (Å²) in [6, 6.07) is 0. The van der Waals surface area contributed by atoms with Gasteiger partial charge in [-0.1, -0.05) is 10.4 Å². The van der Waals surface area contributed by atoms with Crippen LogP contribution in [0.5, 0.6) is 0 Å². The number of hydrogen-bond acceptors (Lipinski definition) is 0. The summed E-state index contributed by atoms with van der Waals surface area (Å²) in [7, 11) is 0.885. The maximum absolute atomic E-state index is 5.63. The van der Waals surface area contributed by atoms with E-state index in [0.717, 1.165) is 0 Å². The molecule has 0 bridgehead atoms. The molecule has 0 aromatic heterocycles. The van der Waals surface area contributed by atoms with Crippen molar-refractivity contribution in [2.45, 2.75) is 22.8 Å². The largest absolute Gasteiger partial charge is 0.118 e. The molecular weight excluding hydrogens is 270 g/mol. The van der Waals surface area contributed by atoms with Crippen LogP contribution in [-0.2, 0) is 0 Å². The Kier molecular flexibility index (Phi) is 7.49. The molecule has 0 nitrogen and oxygen atoms in total. The van der Waals surface area contributed by atoms with Crippen LogP contribution in [0.15, 0.2) is 10.4 Å². The van der Waals surface area contributed by atoms with Crippen molar-refractivity contribution in [3.05, 3.63) is 10.4 Å². The molecular formula is C6H8Cl4Si2. The molecule has 0 saturated carbocycles. The van der Waals surface area contributed by atoms with Crippen molar-refractivity contribution in [1.82, 2.24) is 0 Å². The summed E-state index contributed by atoms with van der Waals surface area (Å²) in [5.74, 6) is 0. The maximum Gasteiger partial charge on any atom is 0.118 e. The zero-order chi connectivity index (χ0) is 9.72. The lowest BCUT2D eigenvalue weighted by molar-refractivity contribution is 1.49. The quantitative estimate of drug-likeness (QED) is 0.547. The van der Waals surface area contributed by atoms with Gasteiger partial charge in [0.05, 0.1) is 8.92 Å². The van der Waals surface area contributed by atoms with Gasteiger partial charge in [-0.2, -0.15) is 0 Å². The van der Waals surface area contributed by atoms with Crippen LogP contribution in [0.25, 0.3) is 0 Å². The number of hydrogen-bond donors (Lipinski definition) is 0. The Balaban J connectivity index is 4.06. The summed E-state index contributed by atoms with van der Waals surface area (Å²) in [6.07, 6.45) is 0. The van der Waals surface area contributed by atoms with Crippen LogP contribution in [-0.4, -0.2) is 28.0 Å². The van der Waals surface area contributed by atoms with Gasteiger partial charge in [0.1, 0.15) is 19.0 Å². The third-order valence-electron chi connectivity index (χ3n) is 1.21. The summed E-state index contributed by atoms with van der Waals surface area (Å²) >= 11 is 22.5. The highest BCUT2D eigenvalue weighted by Gasteiger charge is 2.08. The van der Waals surface area contributed by atoms with Gasteiger partial charge in [0.2, 0.25) is 0 Å². The van der Waals surface area contributed by atoms with Crippen LogP contribution in [0.1, 0.15) is 13.8 Å². The third-order valence-corrected chi connectivity index (χ3v) is 4.83. The van der Waals surface area contributed by atoms with Gasteiger partial charge < -0.3 is 0 Å².